The molecule has 3 aromatic rings. The van der Waals surface area contributed by atoms with Crippen molar-refractivity contribution in [2.75, 3.05) is 18.4 Å². The zero-order valence-electron chi connectivity index (χ0n) is 16.3. The van der Waals surface area contributed by atoms with Crippen LogP contribution in [0, 0.1) is 5.92 Å². The molecule has 0 unspecified atom stereocenters. The number of H-pyrrole nitrogens is 1. The van der Waals surface area contributed by atoms with E-state index in [1.54, 1.807) is 9.47 Å². The summed E-state index contributed by atoms with van der Waals surface area (Å²) in [7, 11) is 0. The minimum Gasteiger partial charge on any atom is -0.347 e. The summed E-state index contributed by atoms with van der Waals surface area (Å²) in [6.07, 6.45) is 5.11. The maximum absolute atomic E-state index is 12.6. The number of urea groups is 1. The van der Waals surface area contributed by atoms with Crippen molar-refractivity contribution < 1.29 is 4.79 Å². The van der Waals surface area contributed by atoms with Crippen LogP contribution >= 0.6 is 0 Å². The zero-order chi connectivity index (χ0) is 19.7. The third-order valence-electron chi connectivity index (χ3n) is 5.31. The second kappa shape index (κ2) is 7.53. The summed E-state index contributed by atoms with van der Waals surface area (Å²) in [4.78, 5) is 26.1. The fraction of sp³-hybridized carbons (Fsp3) is 0.450. The lowest BCUT2D eigenvalue weighted by Gasteiger charge is -2.32. The third-order valence-corrected chi connectivity index (χ3v) is 5.31. The minimum atomic E-state index is -0.194. The van der Waals surface area contributed by atoms with E-state index in [2.05, 4.69) is 52.3 Å². The Hall–Kier alpha value is -3.03. The first-order chi connectivity index (χ1) is 13.5. The first-order valence-corrected chi connectivity index (χ1v) is 9.77. The lowest BCUT2D eigenvalue weighted by Crippen LogP contribution is -2.42. The van der Waals surface area contributed by atoms with E-state index in [4.69, 9.17) is 0 Å². The molecule has 0 atom stereocenters. The van der Waals surface area contributed by atoms with E-state index in [9.17, 15) is 9.59 Å². The summed E-state index contributed by atoms with van der Waals surface area (Å²) in [6, 6.07) is 8.11. The summed E-state index contributed by atoms with van der Waals surface area (Å²) in [5.41, 5.74) is 1.78. The number of nitrogens with zero attached hydrogens (tertiary/aromatic N) is 4. The number of aromatic nitrogens is 4. The van der Waals surface area contributed by atoms with Gasteiger partial charge in [-0.3, -0.25) is 4.57 Å². The Kier molecular flexibility index (Phi) is 4.93. The van der Waals surface area contributed by atoms with Crippen LogP contribution in [0.2, 0.25) is 0 Å². The van der Waals surface area contributed by atoms with Crippen molar-refractivity contribution in [2.24, 2.45) is 5.92 Å². The molecule has 3 heterocycles. The standard InChI is InChI=1S/C20H26N6O2/c1-14(2)12-25-8-5-15-11-16(3-4-18(15)25)22-19(27)24-9-6-17(7-10-24)26-13-21-23-20(26)28/h3-5,8,11,13-14,17H,6-7,9-10,12H2,1-2H3,(H,22,27)(H,23,28). The van der Waals surface area contributed by atoms with Crippen molar-refractivity contribution in [3.8, 4) is 0 Å². The van der Waals surface area contributed by atoms with Gasteiger partial charge in [-0.15, -0.1) is 0 Å². The van der Waals surface area contributed by atoms with E-state index in [0.29, 0.717) is 19.0 Å². The largest absolute Gasteiger partial charge is 0.347 e. The number of rotatable bonds is 4. The molecule has 8 nitrogen and oxygen atoms in total. The quantitative estimate of drug-likeness (QED) is 0.727. The second-order valence-corrected chi connectivity index (χ2v) is 7.85. The number of aromatic amines is 1. The molecule has 2 aromatic heterocycles. The molecule has 0 radical (unpaired) electrons. The van der Waals surface area contributed by atoms with Gasteiger partial charge in [0, 0.05) is 48.5 Å². The first kappa shape index (κ1) is 18.3. The monoisotopic (exact) mass is 382 g/mol. The number of fused-ring (bicyclic) bond motifs is 1. The van der Waals surface area contributed by atoms with Crippen LogP contribution in [0.15, 0.2) is 41.6 Å². The van der Waals surface area contributed by atoms with Crippen LogP contribution in [0.5, 0.6) is 0 Å². The van der Waals surface area contributed by atoms with Crippen LogP contribution in [0.1, 0.15) is 32.7 Å². The molecular formula is C20H26N6O2. The molecule has 1 aliphatic heterocycles. The minimum absolute atomic E-state index is 0.0902. The van der Waals surface area contributed by atoms with Crippen LogP contribution in [0.3, 0.4) is 0 Å². The van der Waals surface area contributed by atoms with E-state index in [1.165, 1.54) is 11.8 Å². The summed E-state index contributed by atoms with van der Waals surface area (Å²) >= 11 is 0. The van der Waals surface area contributed by atoms with Crippen molar-refractivity contribution in [2.45, 2.75) is 39.3 Å². The van der Waals surface area contributed by atoms with Crippen LogP contribution in [-0.2, 0) is 6.54 Å². The van der Waals surface area contributed by atoms with Crippen molar-refractivity contribution in [3.63, 3.8) is 0 Å². The van der Waals surface area contributed by atoms with Gasteiger partial charge in [0.25, 0.3) is 0 Å². The average molecular weight is 382 g/mol. The van der Waals surface area contributed by atoms with Crippen LogP contribution in [0.25, 0.3) is 10.9 Å². The molecule has 0 bridgehead atoms. The smallest absolute Gasteiger partial charge is 0.343 e. The Morgan fingerprint density at radius 1 is 1.29 bits per heavy atom. The van der Waals surface area contributed by atoms with Crippen molar-refractivity contribution in [1.82, 2.24) is 24.2 Å². The SMILES string of the molecule is CC(C)Cn1ccc2cc(NC(=O)N3CCC(n4cn[nH]c4=O)CC3)ccc21. The first-order valence-electron chi connectivity index (χ1n) is 9.77. The number of amides is 2. The van der Waals surface area contributed by atoms with Gasteiger partial charge in [0.2, 0.25) is 0 Å². The van der Waals surface area contributed by atoms with Gasteiger partial charge >= 0.3 is 11.7 Å². The Balaban J connectivity index is 1.39. The van der Waals surface area contributed by atoms with Crippen LogP contribution in [-0.4, -0.2) is 43.4 Å². The van der Waals surface area contributed by atoms with Gasteiger partial charge in [-0.05, 0) is 43.0 Å². The number of carbonyl (C=O) groups is 1. The molecule has 0 saturated carbocycles. The molecule has 2 N–H and O–H groups in total. The van der Waals surface area contributed by atoms with E-state index in [-0.39, 0.29) is 17.8 Å². The Morgan fingerprint density at radius 3 is 2.75 bits per heavy atom. The zero-order valence-corrected chi connectivity index (χ0v) is 16.3. The molecule has 1 aromatic carbocycles. The molecule has 0 aliphatic carbocycles. The van der Waals surface area contributed by atoms with E-state index in [0.717, 1.165) is 30.5 Å². The highest BCUT2D eigenvalue weighted by Crippen LogP contribution is 2.24. The molecule has 4 rings (SSSR count). The Morgan fingerprint density at radius 2 is 2.07 bits per heavy atom. The van der Waals surface area contributed by atoms with Crippen LogP contribution < -0.4 is 11.0 Å². The lowest BCUT2D eigenvalue weighted by atomic mass is 10.1. The molecule has 28 heavy (non-hydrogen) atoms. The summed E-state index contributed by atoms with van der Waals surface area (Å²) < 4.78 is 3.86. The van der Waals surface area contributed by atoms with Crippen molar-refractivity contribution in [3.05, 3.63) is 47.3 Å². The van der Waals surface area contributed by atoms with Gasteiger partial charge in [-0.1, -0.05) is 13.8 Å². The summed E-state index contributed by atoms with van der Waals surface area (Å²) in [6.45, 7) is 6.60. The van der Waals surface area contributed by atoms with Crippen molar-refractivity contribution >= 4 is 22.6 Å². The van der Waals surface area contributed by atoms with E-state index < -0.39 is 0 Å². The van der Waals surface area contributed by atoms with Crippen molar-refractivity contribution in [1.29, 1.82) is 0 Å². The van der Waals surface area contributed by atoms with Gasteiger partial charge in [-0.25, -0.2) is 14.7 Å². The maximum atomic E-state index is 12.6. The molecular weight excluding hydrogens is 356 g/mol. The predicted molar refractivity (Wildman–Crippen MR) is 108 cm³/mol. The number of hydrogen-bond acceptors (Lipinski definition) is 3. The second-order valence-electron chi connectivity index (χ2n) is 7.85. The number of benzene rings is 1. The molecule has 1 saturated heterocycles. The molecule has 8 heteroatoms. The van der Waals surface area contributed by atoms with Gasteiger partial charge in [0.1, 0.15) is 6.33 Å². The van der Waals surface area contributed by atoms with E-state index >= 15 is 0 Å². The fourth-order valence-corrected chi connectivity index (χ4v) is 3.90. The number of hydrogen-bond donors (Lipinski definition) is 2. The fourth-order valence-electron chi connectivity index (χ4n) is 3.90. The molecule has 1 fully saturated rings. The predicted octanol–water partition coefficient (Wildman–Crippen LogP) is 3.05. The highest BCUT2D eigenvalue weighted by molar-refractivity contribution is 5.93. The Labute approximate surface area is 163 Å². The summed E-state index contributed by atoms with van der Waals surface area (Å²) in [5, 5.41) is 10.3. The highest BCUT2D eigenvalue weighted by Gasteiger charge is 2.25. The lowest BCUT2D eigenvalue weighted by molar-refractivity contribution is 0.183. The number of nitrogens with one attached hydrogen (secondary N) is 2. The van der Waals surface area contributed by atoms with Gasteiger partial charge in [0.15, 0.2) is 0 Å². The Bertz CT molecular complexity index is 1020. The van der Waals surface area contributed by atoms with E-state index in [1.807, 2.05) is 12.1 Å². The number of likely N-dealkylation sites (tertiary alicyclic amines) is 1. The highest BCUT2D eigenvalue weighted by atomic mass is 16.2. The molecule has 1 aliphatic rings. The normalized spacial score (nSPS) is 15.5. The summed E-state index contributed by atoms with van der Waals surface area (Å²) in [5.74, 6) is 0.579. The van der Waals surface area contributed by atoms with Gasteiger partial charge in [-0.2, -0.15) is 5.10 Å². The average Bonchev–Trinajstić information content (AvgIpc) is 3.27. The maximum Gasteiger partial charge on any atom is 0.343 e. The van der Waals surface area contributed by atoms with Gasteiger partial charge < -0.3 is 14.8 Å². The topological polar surface area (TPSA) is 87.9 Å². The van der Waals surface area contributed by atoms with Gasteiger partial charge in [0.05, 0.1) is 0 Å². The molecule has 2 amide bonds. The van der Waals surface area contributed by atoms with Crippen LogP contribution in [0.4, 0.5) is 10.5 Å². The third kappa shape index (κ3) is 3.67. The number of carbonyl (C=O) groups excluding carboxylic acids is 1. The molecule has 0 spiro atoms. The number of piperidine rings is 1. The molecule has 148 valence electrons. The number of anilines is 1.